The Morgan fingerprint density at radius 2 is 1.82 bits per heavy atom. The van der Waals surface area contributed by atoms with Crippen molar-refractivity contribution in [3.63, 3.8) is 0 Å². The third-order valence-corrected chi connectivity index (χ3v) is 7.62. The van der Waals surface area contributed by atoms with Crippen molar-refractivity contribution in [2.24, 2.45) is 11.7 Å². The minimum absolute atomic E-state index is 0.0200. The number of ketones is 1. The van der Waals surface area contributed by atoms with Gasteiger partial charge in [-0.2, -0.15) is 0 Å². The molecule has 4 N–H and O–H groups in total. The maximum Gasteiger partial charge on any atom is 0.236 e. The second-order valence-electron chi connectivity index (χ2n) is 10.2. The maximum atomic E-state index is 14.2. The predicted molar refractivity (Wildman–Crippen MR) is 149 cm³/mol. The Morgan fingerprint density at radius 1 is 1.05 bits per heavy atom. The monoisotopic (exact) mass is 528 g/mol. The van der Waals surface area contributed by atoms with Crippen LogP contribution < -0.4 is 11.1 Å². The number of hydrogen-bond acceptors (Lipinski definition) is 5. The predicted octanol–water partition coefficient (Wildman–Crippen LogP) is 4.81. The van der Waals surface area contributed by atoms with E-state index in [2.05, 4.69) is 34.1 Å². The molecule has 202 valence electrons. The number of aliphatic hydroxyl groups excluding tert-OH is 1. The molecule has 1 aliphatic carbocycles. The van der Waals surface area contributed by atoms with Gasteiger partial charge in [0, 0.05) is 30.1 Å². The summed E-state index contributed by atoms with van der Waals surface area (Å²) in [6, 6.07) is 20.3. The minimum Gasteiger partial charge on any atom is -0.396 e. The summed E-state index contributed by atoms with van der Waals surface area (Å²) >= 11 is 0. The molecule has 7 nitrogen and oxygen atoms in total. The molecule has 39 heavy (non-hydrogen) atoms. The van der Waals surface area contributed by atoms with Crippen molar-refractivity contribution in [2.75, 3.05) is 18.5 Å². The third-order valence-electron chi connectivity index (χ3n) is 7.62. The van der Waals surface area contributed by atoms with Gasteiger partial charge in [0.2, 0.25) is 5.91 Å². The average Bonchev–Trinajstić information content (AvgIpc) is 3.29. The zero-order valence-electron chi connectivity index (χ0n) is 21.8. The van der Waals surface area contributed by atoms with Crippen LogP contribution in [0.3, 0.4) is 0 Å². The van der Waals surface area contributed by atoms with Crippen LogP contribution in [0.1, 0.15) is 58.9 Å². The Labute approximate surface area is 226 Å². The van der Waals surface area contributed by atoms with Crippen molar-refractivity contribution >= 4 is 28.4 Å². The normalized spacial score (nSPS) is 17.3. The molecule has 1 aliphatic rings. The number of hydrogen-bond donors (Lipinski definition) is 3. The number of anilines is 1. The molecule has 8 heteroatoms. The zero-order valence-corrected chi connectivity index (χ0v) is 21.8. The molecule has 5 rings (SSSR count). The molecule has 1 aromatic heterocycles. The second kappa shape index (κ2) is 11.8. The molecule has 0 aliphatic heterocycles. The third kappa shape index (κ3) is 5.86. The van der Waals surface area contributed by atoms with E-state index in [0.717, 1.165) is 53.7 Å². The first-order valence-corrected chi connectivity index (χ1v) is 13.4. The number of fused-ring (bicyclic) bond motifs is 1. The van der Waals surface area contributed by atoms with E-state index >= 15 is 0 Å². The van der Waals surface area contributed by atoms with Crippen LogP contribution in [0.5, 0.6) is 0 Å². The van der Waals surface area contributed by atoms with E-state index in [9.17, 15) is 19.1 Å². The fourth-order valence-corrected chi connectivity index (χ4v) is 5.75. The molecule has 1 heterocycles. The van der Waals surface area contributed by atoms with Crippen molar-refractivity contribution in [1.82, 2.24) is 9.55 Å². The minimum atomic E-state index is -0.555. The second-order valence-corrected chi connectivity index (χ2v) is 10.2. The number of carbonyl (C=O) groups excluding carboxylic acids is 2. The Kier molecular flexibility index (Phi) is 8.02. The number of nitrogens with one attached hydrogen (secondary N) is 1. The SMILES string of the molecule is NC(=O)CNc1ccc(F)cc1C(=O)[C@@H]1CCCC[C@H]1c1ccc(Cn2c(CCO)nc3ccccc32)cc1. The summed E-state index contributed by atoms with van der Waals surface area (Å²) in [5, 5.41) is 12.4. The van der Waals surface area contributed by atoms with Crippen LogP contribution in [-0.4, -0.2) is 39.5 Å². The fraction of sp³-hybridized carbons (Fsp3) is 0.323. The standard InChI is InChI=1S/C31H33FN4O3/c32-22-13-14-26(34-18-29(33)38)25(17-22)31(39)24-6-2-1-5-23(24)21-11-9-20(10-12-21)19-36-28-8-4-3-7-27(28)35-30(36)15-16-37/h3-4,7-14,17,23-24,34,37H,1-2,5-6,15-16,18-19H2,(H2,33,38)/t23-,24+/m0/s1. The van der Waals surface area contributed by atoms with Gasteiger partial charge in [0.05, 0.1) is 24.2 Å². The van der Waals surface area contributed by atoms with Gasteiger partial charge in [0.25, 0.3) is 0 Å². The fourth-order valence-electron chi connectivity index (χ4n) is 5.75. The van der Waals surface area contributed by atoms with Crippen LogP contribution in [0.2, 0.25) is 0 Å². The Bertz CT molecular complexity index is 1480. The van der Waals surface area contributed by atoms with Gasteiger partial charge in [0.1, 0.15) is 11.6 Å². The molecule has 1 saturated carbocycles. The van der Waals surface area contributed by atoms with Gasteiger partial charge in [0.15, 0.2) is 5.78 Å². The number of nitrogens with two attached hydrogens (primary N) is 1. The van der Waals surface area contributed by atoms with Crippen LogP contribution in [0.25, 0.3) is 11.0 Å². The topological polar surface area (TPSA) is 110 Å². The number of benzene rings is 3. The average molecular weight is 529 g/mol. The van der Waals surface area contributed by atoms with Crippen molar-refractivity contribution < 1.29 is 19.1 Å². The van der Waals surface area contributed by atoms with Gasteiger partial charge < -0.3 is 20.7 Å². The summed E-state index contributed by atoms with van der Waals surface area (Å²) < 4.78 is 16.3. The van der Waals surface area contributed by atoms with E-state index < -0.39 is 11.7 Å². The highest BCUT2D eigenvalue weighted by Crippen LogP contribution is 2.40. The molecule has 1 amide bonds. The first-order chi connectivity index (χ1) is 18.9. The van der Waals surface area contributed by atoms with Crippen LogP contribution in [0, 0.1) is 11.7 Å². The number of Topliss-reactive ketones (excluding diaryl/α,β-unsaturated/α-hetero) is 1. The molecule has 0 spiro atoms. The van der Waals surface area contributed by atoms with Crippen molar-refractivity contribution in [3.05, 3.63) is 95.1 Å². The van der Waals surface area contributed by atoms with Crippen molar-refractivity contribution in [1.29, 1.82) is 0 Å². The number of halogens is 1. The molecule has 2 atom stereocenters. The molecule has 3 aromatic carbocycles. The summed E-state index contributed by atoms with van der Waals surface area (Å²) in [7, 11) is 0. The smallest absolute Gasteiger partial charge is 0.236 e. The van der Waals surface area contributed by atoms with Gasteiger partial charge in [-0.15, -0.1) is 0 Å². The maximum absolute atomic E-state index is 14.2. The molecule has 0 saturated heterocycles. The summed E-state index contributed by atoms with van der Waals surface area (Å²) in [5.74, 6) is -0.584. The lowest BCUT2D eigenvalue weighted by Gasteiger charge is -2.31. The first-order valence-electron chi connectivity index (χ1n) is 13.4. The molecule has 0 radical (unpaired) electrons. The van der Waals surface area contributed by atoms with E-state index in [1.165, 1.54) is 18.2 Å². The highest BCUT2D eigenvalue weighted by molar-refractivity contribution is 6.03. The number of imidazole rings is 1. The highest BCUT2D eigenvalue weighted by Gasteiger charge is 2.33. The Morgan fingerprint density at radius 3 is 2.59 bits per heavy atom. The van der Waals surface area contributed by atoms with Gasteiger partial charge in [-0.1, -0.05) is 49.2 Å². The van der Waals surface area contributed by atoms with Gasteiger partial charge in [-0.25, -0.2) is 9.37 Å². The zero-order chi connectivity index (χ0) is 27.4. The summed E-state index contributed by atoms with van der Waals surface area (Å²) in [5.41, 5.74) is 10.1. The highest BCUT2D eigenvalue weighted by atomic mass is 19.1. The molecule has 4 aromatic rings. The lowest BCUT2D eigenvalue weighted by atomic mass is 9.72. The molecular weight excluding hydrogens is 495 g/mol. The van der Waals surface area contributed by atoms with Crippen molar-refractivity contribution in [3.8, 4) is 0 Å². The van der Waals surface area contributed by atoms with E-state index in [0.29, 0.717) is 18.7 Å². The number of primary amides is 1. The van der Waals surface area contributed by atoms with E-state index in [-0.39, 0.29) is 36.3 Å². The lowest BCUT2D eigenvalue weighted by molar-refractivity contribution is -0.116. The number of rotatable bonds is 10. The first kappa shape index (κ1) is 26.6. The van der Waals surface area contributed by atoms with E-state index in [1.54, 1.807) is 0 Å². The Balaban J connectivity index is 1.39. The lowest BCUT2D eigenvalue weighted by Crippen LogP contribution is -2.28. The Hall–Kier alpha value is -4.04. The molecule has 0 unspecified atom stereocenters. The number of amides is 1. The number of aromatic nitrogens is 2. The summed E-state index contributed by atoms with van der Waals surface area (Å²) in [6.45, 7) is 0.527. The summed E-state index contributed by atoms with van der Waals surface area (Å²) in [6.07, 6.45) is 4.04. The molecular formula is C31H33FN4O3. The van der Waals surface area contributed by atoms with Crippen LogP contribution in [0.4, 0.5) is 10.1 Å². The van der Waals surface area contributed by atoms with E-state index in [4.69, 9.17) is 10.7 Å². The summed E-state index contributed by atoms with van der Waals surface area (Å²) in [4.78, 5) is 29.7. The number of nitrogens with zero attached hydrogens (tertiary/aromatic N) is 2. The molecule has 1 fully saturated rings. The quantitative estimate of drug-likeness (QED) is 0.256. The van der Waals surface area contributed by atoms with Crippen LogP contribution in [-0.2, 0) is 17.8 Å². The molecule has 0 bridgehead atoms. The van der Waals surface area contributed by atoms with Crippen LogP contribution >= 0.6 is 0 Å². The number of carbonyl (C=O) groups is 2. The van der Waals surface area contributed by atoms with Gasteiger partial charge in [-0.05, 0) is 60.2 Å². The van der Waals surface area contributed by atoms with E-state index in [1.807, 2.05) is 24.3 Å². The van der Waals surface area contributed by atoms with Gasteiger partial charge in [-0.3, -0.25) is 9.59 Å². The largest absolute Gasteiger partial charge is 0.396 e. The van der Waals surface area contributed by atoms with Crippen molar-refractivity contribution in [2.45, 2.75) is 44.6 Å². The van der Waals surface area contributed by atoms with Crippen LogP contribution in [0.15, 0.2) is 66.7 Å². The van der Waals surface area contributed by atoms with Gasteiger partial charge >= 0.3 is 0 Å². The number of para-hydroxylation sites is 2. The number of aliphatic hydroxyl groups is 1.